The minimum Gasteiger partial charge on any atom is -0.312 e. The Bertz CT molecular complexity index is 573. The zero-order chi connectivity index (χ0) is 11.5. The van der Waals surface area contributed by atoms with Crippen LogP contribution in [-0.2, 0) is 13.0 Å². The third-order valence-corrected chi connectivity index (χ3v) is 2.91. The summed E-state index contributed by atoms with van der Waals surface area (Å²) in [4.78, 5) is 0. The third kappa shape index (κ3) is 2.08. The van der Waals surface area contributed by atoms with E-state index in [0.29, 0.717) is 0 Å². The molecule has 1 aromatic heterocycles. The highest BCUT2D eigenvalue weighted by Crippen LogP contribution is 2.14. The summed E-state index contributed by atoms with van der Waals surface area (Å²) in [6.45, 7) is 1.88. The van der Waals surface area contributed by atoms with Crippen LogP contribution in [-0.4, -0.2) is 16.7 Å². The second kappa shape index (κ2) is 4.44. The number of benzene rings is 1. The fourth-order valence-electron chi connectivity index (χ4n) is 1.98. The molecule has 3 rings (SSSR count). The number of fused-ring (bicyclic) bond motifs is 1. The molecule has 2 heterocycles. The van der Waals surface area contributed by atoms with E-state index in [1.54, 1.807) is 0 Å². The Morgan fingerprint density at radius 3 is 2.88 bits per heavy atom. The number of rotatable bonds is 0. The molecule has 2 N–H and O–H groups in total. The molecule has 3 nitrogen and oxygen atoms in total. The fraction of sp³-hybridized carbons (Fsp3) is 0.214. The van der Waals surface area contributed by atoms with Gasteiger partial charge in [-0.15, -0.1) is 0 Å². The molecule has 0 radical (unpaired) electrons. The SMILES string of the molecule is C(#Cc1n[nH]c2c1CNCC2)c1ccccc1. The molecule has 0 fully saturated rings. The molecule has 0 spiro atoms. The first-order valence-corrected chi connectivity index (χ1v) is 5.77. The Labute approximate surface area is 100 Å². The number of hydrogen-bond acceptors (Lipinski definition) is 2. The van der Waals surface area contributed by atoms with Gasteiger partial charge in [-0.1, -0.05) is 24.1 Å². The molecule has 0 aliphatic carbocycles. The summed E-state index contributed by atoms with van der Waals surface area (Å²) >= 11 is 0. The number of aromatic amines is 1. The summed E-state index contributed by atoms with van der Waals surface area (Å²) in [5.41, 5.74) is 4.34. The summed E-state index contributed by atoms with van der Waals surface area (Å²) < 4.78 is 0. The van der Waals surface area contributed by atoms with Crippen LogP contribution < -0.4 is 5.32 Å². The van der Waals surface area contributed by atoms with Crippen molar-refractivity contribution in [1.29, 1.82) is 0 Å². The van der Waals surface area contributed by atoms with Crippen molar-refractivity contribution in [3.8, 4) is 11.8 Å². The lowest BCUT2D eigenvalue weighted by Gasteiger charge is -2.11. The van der Waals surface area contributed by atoms with Gasteiger partial charge in [-0.25, -0.2) is 0 Å². The van der Waals surface area contributed by atoms with Crippen molar-refractivity contribution < 1.29 is 0 Å². The molecule has 1 aliphatic heterocycles. The van der Waals surface area contributed by atoms with E-state index in [-0.39, 0.29) is 0 Å². The number of H-pyrrole nitrogens is 1. The highest BCUT2D eigenvalue weighted by atomic mass is 15.1. The van der Waals surface area contributed by atoms with Gasteiger partial charge in [0.05, 0.1) is 0 Å². The van der Waals surface area contributed by atoms with Crippen molar-refractivity contribution in [2.75, 3.05) is 6.54 Å². The molecule has 84 valence electrons. The molecule has 0 amide bonds. The molecule has 0 unspecified atom stereocenters. The largest absolute Gasteiger partial charge is 0.312 e. The normalized spacial score (nSPS) is 13.6. The van der Waals surface area contributed by atoms with E-state index in [9.17, 15) is 0 Å². The summed E-state index contributed by atoms with van der Waals surface area (Å²) in [6.07, 6.45) is 1.01. The monoisotopic (exact) mass is 223 g/mol. The van der Waals surface area contributed by atoms with E-state index in [0.717, 1.165) is 30.8 Å². The van der Waals surface area contributed by atoms with Crippen molar-refractivity contribution in [2.24, 2.45) is 0 Å². The van der Waals surface area contributed by atoms with Gasteiger partial charge in [-0.3, -0.25) is 5.10 Å². The maximum absolute atomic E-state index is 4.27. The van der Waals surface area contributed by atoms with E-state index in [1.807, 2.05) is 30.3 Å². The lowest BCUT2D eigenvalue weighted by Crippen LogP contribution is -2.23. The second-order valence-electron chi connectivity index (χ2n) is 4.07. The number of nitrogens with zero attached hydrogens (tertiary/aromatic N) is 1. The zero-order valence-corrected chi connectivity index (χ0v) is 9.46. The van der Waals surface area contributed by atoms with E-state index in [2.05, 4.69) is 27.4 Å². The van der Waals surface area contributed by atoms with Crippen molar-refractivity contribution in [3.05, 3.63) is 52.8 Å². The minimum atomic E-state index is 0.866. The Kier molecular flexibility index (Phi) is 2.65. The summed E-state index contributed by atoms with van der Waals surface area (Å²) in [5, 5.41) is 10.7. The lowest BCUT2D eigenvalue weighted by molar-refractivity contribution is 0.636. The molecule has 2 aromatic rings. The highest BCUT2D eigenvalue weighted by molar-refractivity contribution is 5.44. The van der Waals surface area contributed by atoms with E-state index < -0.39 is 0 Å². The maximum atomic E-state index is 4.27. The van der Waals surface area contributed by atoms with Crippen molar-refractivity contribution in [2.45, 2.75) is 13.0 Å². The summed E-state index contributed by atoms with van der Waals surface area (Å²) in [7, 11) is 0. The number of hydrogen-bond donors (Lipinski definition) is 2. The standard InChI is InChI=1S/C14H13N3/c1-2-4-11(5-3-1)6-7-13-12-10-15-9-8-14(12)17-16-13/h1-5,15H,8-10H2,(H,16,17). The van der Waals surface area contributed by atoms with Crippen LogP contribution in [0.25, 0.3) is 0 Å². The quantitative estimate of drug-likeness (QED) is 0.664. The first-order valence-electron chi connectivity index (χ1n) is 5.77. The Hall–Kier alpha value is -2.05. The molecular weight excluding hydrogens is 210 g/mol. The maximum Gasteiger partial charge on any atom is 0.140 e. The third-order valence-electron chi connectivity index (χ3n) is 2.91. The smallest absolute Gasteiger partial charge is 0.140 e. The first kappa shape index (κ1) is 10.1. The van der Waals surface area contributed by atoms with E-state index in [1.165, 1.54) is 11.3 Å². The molecule has 0 bridgehead atoms. The molecular formula is C14H13N3. The van der Waals surface area contributed by atoms with Crippen LogP contribution in [0.1, 0.15) is 22.5 Å². The predicted octanol–water partition coefficient (Wildman–Crippen LogP) is 1.46. The number of nitrogens with one attached hydrogen (secondary N) is 2. The molecule has 1 aliphatic rings. The van der Waals surface area contributed by atoms with Crippen LogP contribution in [0.2, 0.25) is 0 Å². The Morgan fingerprint density at radius 2 is 2.00 bits per heavy atom. The summed E-state index contributed by atoms with van der Waals surface area (Å²) in [5.74, 6) is 6.27. The van der Waals surface area contributed by atoms with Gasteiger partial charge in [-0.2, -0.15) is 5.10 Å². The predicted molar refractivity (Wildman–Crippen MR) is 66.4 cm³/mol. The van der Waals surface area contributed by atoms with E-state index >= 15 is 0 Å². The van der Waals surface area contributed by atoms with Gasteiger partial charge in [0, 0.05) is 36.3 Å². The van der Waals surface area contributed by atoms with Crippen molar-refractivity contribution in [1.82, 2.24) is 15.5 Å². The van der Waals surface area contributed by atoms with E-state index in [4.69, 9.17) is 0 Å². The second-order valence-corrected chi connectivity index (χ2v) is 4.07. The molecule has 3 heteroatoms. The van der Waals surface area contributed by atoms with Gasteiger partial charge in [0.25, 0.3) is 0 Å². The average molecular weight is 223 g/mol. The van der Waals surface area contributed by atoms with Gasteiger partial charge >= 0.3 is 0 Å². The van der Waals surface area contributed by atoms with Gasteiger partial charge in [0.15, 0.2) is 0 Å². The average Bonchev–Trinajstić information content (AvgIpc) is 2.81. The van der Waals surface area contributed by atoms with Gasteiger partial charge in [-0.05, 0) is 18.1 Å². The van der Waals surface area contributed by atoms with Crippen LogP contribution in [0.3, 0.4) is 0 Å². The van der Waals surface area contributed by atoms with Crippen molar-refractivity contribution in [3.63, 3.8) is 0 Å². The van der Waals surface area contributed by atoms with Gasteiger partial charge in [0.2, 0.25) is 0 Å². The minimum absolute atomic E-state index is 0.866. The van der Waals surface area contributed by atoms with Crippen LogP contribution in [0.4, 0.5) is 0 Å². The summed E-state index contributed by atoms with van der Waals surface area (Å²) in [6, 6.07) is 9.98. The van der Waals surface area contributed by atoms with Gasteiger partial charge in [0.1, 0.15) is 5.69 Å². The highest BCUT2D eigenvalue weighted by Gasteiger charge is 2.14. The first-order chi connectivity index (χ1) is 8.43. The number of aromatic nitrogens is 2. The molecule has 0 atom stereocenters. The molecule has 0 saturated carbocycles. The van der Waals surface area contributed by atoms with Crippen LogP contribution in [0.5, 0.6) is 0 Å². The Morgan fingerprint density at radius 1 is 1.12 bits per heavy atom. The molecule has 17 heavy (non-hydrogen) atoms. The fourth-order valence-corrected chi connectivity index (χ4v) is 1.98. The Balaban J connectivity index is 1.91. The zero-order valence-electron chi connectivity index (χ0n) is 9.46. The van der Waals surface area contributed by atoms with Crippen LogP contribution in [0, 0.1) is 11.8 Å². The van der Waals surface area contributed by atoms with Crippen LogP contribution in [0.15, 0.2) is 30.3 Å². The van der Waals surface area contributed by atoms with Crippen LogP contribution >= 0.6 is 0 Å². The van der Waals surface area contributed by atoms with Crippen molar-refractivity contribution >= 4 is 0 Å². The topological polar surface area (TPSA) is 40.7 Å². The molecule has 1 aromatic carbocycles. The van der Waals surface area contributed by atoms with Gasteiger partial charge < -0.3 is 5.32 Å². The molecule has 0 saturated heterocycles. The lowest BCUT2D eigenvalue weighted by atomic mass is 10.1.